The molecule has 0 bridgehead atoms. The molecule has 0 saturated carbocycles. The Morgan fingerprint density at radius 3 is 2.72 bits per heavy atom. The largest absolute Gasteiger partial charge is 0.340 e. The highest BCUT2D eigenvalue weighted by Crippen LogP contribution is 2.20. The number of nitrogens with one attached hydrogen (secondary N) is 1. The van der Waals surface area contributed by atoms with Gasteiger partial charge in [-0.1, -0.05) is 23.7 Å². The van der Waals surface area contributed by atoms with Crippen LogP contribution in [0, 0.1) is 6.92 Å². The molecule has 0 atom stereocenters. The van der Waals surface area contributed by atoms with E-state index in [2.05, 4.69) is 20.6 Å². The Balaban J connectivity index is 1.96. The number of hydrogen-bond donors (Lipinski definition) is 1. The van der Waals surface area contributed by atoms with E-state index in [1.165, 1.54) is 0 Å². The molecule has 98 valence electrons. The predicted molar refractivity (Wildman–Crippen MR) is 67.2 cm³/mol. The Kier molecular flexibility index (Phi) is 3.98. The lowest BCUT2D eigenvalue weighted by Gasteiger charge is -2.03. The summed E-state index contributed by atoms with van der Waals surface area (Å²) in [5.41, 5.74) is 1.89. The summed E-state index contributed by atoms with van der Waals surface area (Å²) in [5.74, 6) is 1.21. The van der Waals surface area contributed by atoms with Crippen LogP contribution >= 0.6 is 11.6 Å². The molecule has 0 saturated heterocycles. The fourth-order valence-electron chi connectivity index (χ4n) is 1.72. The minimum absolute atomic E-state index is 0.542. The van der Waals surface area contributed by atoms with E-state index in [4.69, 9.17) is 16.1 Å². The molecule has 0 aliphatic rings. The van der Waals surface area contributed by atoms with Crippen molar-refractivity contribution in [2.75, 3.05) is 0 Å². The zero-order valence-corrected chi connectivity index (χ0v) is 11.5. The highest BCUT2D eigenvalue weighted by molar-refractivity contribution is 6.31. The second kappa shape index (κ2) is 5.49. The normalized spacial score (nSPS) is 11.1. The number of hydrogen-bond acceptors (Lipinski definition) is 5. The lowest BCUT2D eigenvalue weighted by molar-refractivity contribution is 0.385. The SMILES string of the molecule is CCc1nn(C)c(CNCc2noc(C)n2)c1Cl. The van der Waals surface area contributed by atoms with Crippen molar-refractivity contribution in [1.82, 2.24) is 25.2 Å². The molecule has 0 unspecified atom stereocenters. The van der Waals surface area contributed by atoms with Crippen LogP contribution in [0.15, 0.2) is 4.52 Å². The van der Waals surface area contributed by atoms with Crippen LogP contribution in [0.3, 0.4) is 0 Å². The van der Waals surface area contributed by atoms with Gasteiger partial charge >= 0.3 is 0 Å². The van der Waals surface area contributed by atoms with Crippen LogP contribution in [0.2, 0.25) is 5.02 Å². The fraction of sp³-hybridized carbons (Fsp3) is 0.545. The third-order valence-electron chi connectivity index (χ3n) is 2.65. The molecule has 0 fully saturated rings. The molecule has 0 aromatic carbocycles. The lowest BCUT2D eigenvalue weighted by Crippen LogP contribution is -2.16. The van der Waals surface area contributed by atoms with Gasteiger partial charge in [-0.05, 0) is 6.42 Å². The maximum atomic E-state index is 6.24. The molecule has 7 heteroatoms. The first-order valence-electron chi connectivity index (χ1n) is 5.82. The van der Waals surface area contributed by atoms with E-state index in [1.54, 1.807) is 11.6 Å². The lowest BCUT2D eigenvalue weighted by atomic mass is 10.3. The molecule has 0 amide bonds. The van der Waals surface area contributed by atoms with E-state index >= 15 is 0 Å². The van der Waals surface area contributed by atoms with Crippen LogP contribution < -0.4 is 5.32 Å². The Hall–Kier alpha value is -1.40. The van der Waals surface area contributed by atoms with Gasteiger partial charge in [0.25, 0.3) is 0 Å². The first-order valence-corrected chi connectivity index (χ1v) is 6.19. The van der Waals surface area contributed by atoms with Crippen molar-refractivity contribution in [3.8, 4) is 0 Å². The Morgan fingerprint density at radius 1 is 1.39 bits per heavy atom. The molecule has 0 spiro atoms. The van der Waals surface area contributed by atoms with Gasteiger partial charge in [0.1, 0.15) is 0 Å². The van der Waals surface area contributed by atoms with Gasteiger partial charge in [0.2, 0.25) is 5.89 Å². The molecular formula is C11H16ClN5O. The Bertz CT molecular complexity index is 534. The summed E-state index contributed by atoms with van der Waals surface area (Å²) < 4.78 is 6.69. The third kappa shape index (κ3) is 2.70. The van der Waals surface area contributed by atoms with E-state index in [1.807, 2.05) is 14.0 Å². The van der Waals surface area contributed by atoms with Crippen LogP contribution in [-0.2, 0) is 26.6 Å². The second-order valence-corrected chi connectivity index (χ2v) is 4.40. The number of halogens is 1. The van der Waals surface area contributed by atoms with Crippen LogP contribution in [0.1, 0.15) is 30.0 Å². The molecule has 0 aliphatic heterocycles. The molecule has 0 radical (unpaired) electrons. The predicted octanol–water partition coefficient (Wildman–Crippen LogP) is 1.62. The molecule has 1 N–H and O–H groups in total. The van der Waals surface area contributed by atoms with Gasteiger partial charge < -0.3 is 9.84 Å². The van der Waals surface area contributed by atoms with E-state index in [0.717, 1.165) is 22.8 Å². The summed E-state index contributed by atoms with van der Waals surface area (Å²) in [6.45, 7) is 4.96. The first-order chi connectivity index (χ1) is 8.61. The number of aryl methyl sites for hydroxylation is 3. The fourth-order valence-corrected chi connectivity index (χ4v) is 2.08. The highest BCUT2D eigenvalue weighted by atomic mass is 35.5. The van der Waals surface area contributed by atoms with Crippen molar-refractivity contribution in [3.05, 3.63) is 28.1 Å². The van der Waals surface area contributed by atoms with E-state index in [-0.39, 0.29) is 0 Å². The van der Waals surface area contributed by atoms with Crippen molar-refractivity contribution in [2.45, 2.75) is 33.4 Å². The van der Waals surface area contributed by atoms with Gasteiger partial charge in [-0.15, -0.1) is 0 Å². The molecular weight excluding hydrogens is 254 g/mol. The summed E-state index contributed by atoms with van der Waals surface area (Å²) in [6.07, 6.45) is 0.830. The van der Waals surface area contributed by atoms with Crippen LogP contribution in [0.4, 0.5) is 0 Å². The molecule has 18 heavy (non-hydrogen) atoms. The van der Waals surface area contributed by atoms with Gasteiger partial charge in [-0.2, -0.15) is 10.1 Å². The maximum Gasteiger partial charge on any atom is 0.223 e. The van der Waals surface area contributed by atoms with Gasteiger partial charge in [0.15, 0.2) is 5.82 Å². The van der Waals surface area contributed by atoms with Gasteiger partial charge in [0, 0.05) is 20.5 Å². The molecule has 2 heterocycles. The number of aromatic nitrogens is 4. The number of nitrogens with zero attached hydrogens (tertiary/aromatic N) is 4. The van der Waals surface area contributed by atoms with Crippen LogP contribution in [0.5, 0.6) is 0 Å². The number of rotatable bonds is 5. The standard InChI is InChI=1S/C11H16ClN5O/c1-4-8-11(12)9(17(3)15-8)5-13-6-10-14-7(2)18-16-10/h13H,4-6H2,1-3H3. The first kappa shape index (κ1) is 13.0. The molecule has 0 aliphatic carbocycles. The minimum Gasteiger partial charge on any atom is -0.340 e. The Morgan fingerprint density at radius 2 is 2.17 bits per heavy atom. The van der Waals surface area contributed by atoms with Gasteiger partial charge in [-0.25, -0.2) is 0 Å². The Labute approximate surface area is 110 Å². The topological polar surface area (TPSA) is 68.8 Å². The highest BCUT2D eigenvalue weighted by Gasteiger charge is 2.12. The molecule has 2 aromatic heterocycles. The third-order valence-corrected chi connectivity index (χ3v) is 3.08. The van der Waals surface area contributed by atoms with Gasteiger partial charge in [-0.3, -0.25) is 4.68 Å². The van der Waals surface area contributed by atoms with Crippen LogP contribution in [0.25, 0.3) is 0 Å². The monoisotopic (exact) mass is 269 g/mol. The summed E-state index contributed by atoms with van der Waals surface area (Å²) in [4.78, 5) is 4.11. The second-order valence-electron chi connectivity index (χ2n) is 4.02. The van der Waals surface area contributed by atoms with E-state index < -0.39 is 0 Å². The van der Waals surface area contributed by atoms with Crippen molar-refractivity contribution in [2.24, 2.45) is 7.05 Å². The quantitative estimate of drug-likeness (QED) is 0.893. The summed E-state index contributed by atoms with van der Waals surface area (Å²) in [5, 5.41) is 12.1. The maximum absolute atomic E-state index is 6.24. The zero-order chi connectivity index (χ0) is 13.1. The average Bonchev–Trinajstić information content (AvgIpc) is 2.86. The minimum atomic E-state index is 0.542. The summed E-state index contributed by atoms with van der Waals surface area (Å²) in [7, 11) is 1.89. The van der Waals surface area contributed by atoms with Crippen molar-refractivity contribution < 1.29 is 4.52 Å². The van der Waals surface area contributed by atoms with Crippen molar-refractivity contribution in [3.63, 3.8) is 0 Å². The molecule has 2 aromatic rings. The van der Waals surface area contributed by atoms with Crippen molar-refractivity contribution in [1.29, 1.82) is 0 Å². The summed E-state index contributed by atoms with van der Waals surface area (Å²) >= 11 is 6.24. The zero-order valence-electron chi connectivity index (χ0n) is 10.7. The summed E-state index contributed by atoms with van der Waals surface area (Å²) in [6, 6.07) is 0. The van der Waals surface area contributed by atoms with Gasteiger partial charge in [0.05, 0.1) is 23.0 Å². The molecule has 6 nitrogen and oxygen atoms in total. The van der Waals surface area contributed by atoms with Crippen LogP contribution in [-0.4, -0.2) is 19.9 Å². The van der Waals surface area contributed by atoms with Crippen molar-refractivity contribution >= 4 is 11.6 Å². The molecule has 2 rings (SSSR count). The smallest absolute Gasteiger partial charge is 0.223 e. The van der Waals surface area contributed by atoms with E-state index in [9.17, 15) is 0 Å². The van der Waals surface area contributed by atoms with E-state index in [0.29, 0.717) is 24.8 Å². The average molecular weight is 270 g/mol.